The number of para-hydroxylation sites is 1. The number of esters is 1. The third-order valence-electron chi connectivity index (χ3n) is 6.02. The molecule has 8 heteroatoms. The van der Waals surface area contributed by atoms with Crippen LogP contribution in [0.4, 0.5) is 5.69 Å². The molecule has 0 bridgehead atoms. The first kappa shape index (κ1) is 22.2. The number of imide groups is 1. The molecule has 0 radical (unpaired) electrons. The van der Waals surface area contributed by atoms with Gasteiger partial charge in [0.15, 0.2) is 6.61 Å². The maximum atomic E-state index is 12.9. The predicted octanol–water partition coefficient (Wildman–Crippen LogP) is 3.33. The van der Waals surface area contributed by atoms with E-state index in [9.17, 15) is 19.2 Å². The largest absolute Gasteiger partial charge is 0.452 e. The molecule has 2 aromatic carbocycles. The Kier molecular flexibility index (Phi) is 6.50. The molecule has 0 unspecified atom stereocenters. The van der Waals surface area contributed by atoms with Gasteiger partial charge >= 0.3 is 5.97 Å². The monoisotopic (exact) mass is 445 g/mol. The first-order chi connectivity index (χ1) is 16.0. The highest BCUT2D eigenvalue weighted by atomic mass is 16.5. The van der Waals surface area contributed by atoms with E-state index in [2.05, 4.69) is 0 Å². The Morgan fingerprint density at radius 2 is 1.70 bits per heavy atom. The van der Waals surface area contributed by atoms with E-state index in [1.807, 2.05) is 6.07 Å². The van der Waals surface area contributed by atoms with Crippen LogP contribution in [0.5, 0.6) is 0 Å². The van der Waals surface area contributed by atoms with Crippen molar-refractivity contribution >= 4 is 29.4 Å². The number of carbonyl (C=O) groups is 4. The highest BCUT2D eigenvalue weighted by Crippen LogP contribution is 2.31. The minimum atomic E-state index is -0.785. The van der Waals surface area contributed by atoms with E-state index in [-0.39, 0.29) is 35.2 Å². The van der Waals surface area contributed by atoms with Gasteiger partial charge in [0.2, 0.25) is 0 Å². The molecule has 1 aliphatic carbocycles. The van der Waals surface area contributed by atoms with Crippen LogP contribution >= 0.6 is 0 Å². The van der Waals surface area contributed by atoms with Crippen molar-refractivity contribution in [3.05, 3.63) is 65.2 Å². The maximum absolute atomic E-state index is 12.9. The van der Waals surface area contributed by atoms with Gasteiger partial charge in [0.05, 0.1) is 22.8 Å². The normalized spacial score (nSPS) is 15.7. The topological polar surface area (TPSA) is 108 Å². The number of benzene rings is 2. The van der Waals surface area contributed by atoms with Crippen LogP contribution in [0.2, 0.25) is 0 Å². The molecule has 0 aromatic heterocycles. The maximum Gasteiger partial charge on any atom is 0.338 e. The first-order valence-corrected chi connectivity index (χ1v) is 10.9. The predicted molar refractivity (Wildman–Crippen MR) is 119 cm³/mol. The Balaban J connectivity index is 1.45. The molecule has 1 saturated carbocycles. The Morgan fingerprint density at radius 1 is 1.00 bits per heavy atom. The summed E-state index contributed by atoms with van der Waals surface area (Å²) >= 11 is 0. The second-order valence-electron chi connectivity index (χ2n) is 8.08. The lowest BCUT2D eigenvalue weighted by Gasteiger charge is -2.29. The lowest BCUT2D eigenvalue weighted by Crippen LogP contribution is -2.40. The van der Waals surface area contributed by atoms with Gasteiger partial charge in [-0.2, -0.15) is 5.26 Å². The molecule has 2 aliphatic rings. The fourth-order valence-corrected chi connectivity index (χ4v) is 4.35. The summed E-state index contributed by atoms with van der Waals surface area (Å²) in [7, 11) is 0. The van der Waals surface area contributed by atoms with Crippen LogP contribution in [-0.4, -0.2) is 47.8 Å². The summed E-state index contributed by atoms with van der Waals surface area (Å²) in [5, 5.41) is 9.04. The van der Waals surface area contributed by atoms with Crippen molar-refractivity contribution in [3.8, 4) is 6.07 Å². The smallest absolute Gasteiger partial charge is 0.338 e. The summed E-state index contributed by atoms with van der Waals surface area (Å²) in [6.45, 7) is -0.750. The van der Waals surface area contributed by atoms with Crippen molar-refractivity contribution in [2.45, 2.75) is 38.1 Å². The van der Waals surface area contributed by atoms with Crippen molar-refractivity contribution in [1.29, 1.82) is 5.26 Å². The lowest BCUT2D eigenvalue weighted by molar-refractivity contribution is -0.121. The van der Waals surface area contributed by atoms with E-state index in [1.165, 1.54) is 28.0 Å². The molecule has 0 N–H and O–H groups in total. The summed E-state index contributed by atoms with van der Waals surface area (Å²) in [4.78, 5) is 53.4. The number of hydrogen-bond donors (Lipinski definition) is 0. The summed E-state index contributed by atoms with van der Waals surface area (Å²) in [6.07, 6.45) is 4.65. The second kappa shape index (κ2) is 9.65. The Labute approximate surface area is 191 Å². The van der Waals surface area contributed by atoms with E-state index < -0.39 is 24.4 Å². The average Bonchev–Trinajstić information content (AvgIpc) is 3.11. The summed E-state index contributed by atoms with van der Waals surface area (Å²) in [5.41, 5.74) is 1.06. The third kappa shape index (κ3) is 4.48. The lowest BCUT2D eigenvalue weighted by atomic mass is 9.94. The van der Waals surface area contributed by atoms with Crippen LogP contribution in [0, 0.1) is 11.3 Å². The van der Waals surface area contributed by atoms with Crippen molar-refractivity contribution in [2.75, 3.05) is 18.1 Å². The van der Waals surface area contributed by atoms with Gasteiger partial charge in [-0.3, -0.25) is 24.2 Å². The molecule has 1 fully saturated rings. The summed E-state index contributed by atoms with van der Waals surface area (Å²) in [6, 6.07) is 14.7. The van der Waals surface area contributed by atoms with Crippen LogP contribution in [0.3, 0.4) is 0 Å². The van der Waals surface area contributed by atoms with Crippen LogP contribution < -0.4 is 4.90 Å². The van der Waals surface area contributed by atoms with Gasteiger partial charge in [0.1, 0.15) is 6.54 Å². The number of nitrogens with zero attached hydrogens (tertiary/aromatic N) is 3. The van der Waals surface area contributed by atoms with E-state index in [4.69, 9.17) is 10.00 Å². The fourth-order valence-electron chi connectivity index (χ4n) is 4.35. The standard InChI is InChI=1S/C25H23N3O5/c26-13-14-27(18-7-3-1-4-8-18)22(29)16-33-25(32)17-11-12-20-21(15-17)24(31)28(23(20)30)19-9-5-2-6-10-19/h1,3-4,7-8,11-12,15,19H,2,5-6,9-10,14,16H2. The van der Waals surface area contributed by atoms with Crippen molar-refractivity contribution in [1.82, 2.24) is 4.90 Å². The molecule has 4 rings (SSSR count). The number of amides is 3. The van der Waals surface area contributed by atoms with Gasteiger partial charge in [0, 0.05) is 11.7 Å². The fraction of sp³-hybridized carbons (Fsp3) is 0.320. The molecule has 168 valence electrons. The van der Waals surface area contributed by atoms with Gasteiger partial charge in [-0.15, -0.1) is 0 Å². The molecule has 0 spiro atoms. The highest BCUT2D eigenvalue weighted by molar-refractivity contribution is 6.22. The minimum absolute atomic E-state index is 0.0831. The summed E-state index contributed by atoms with van der Waals surface area (Å²) in [5.74, 6) is -2.05. The molecule has 2 aromatic rings. The molecule has 3 amide bonds. The van der Waals surface area contributed by atoms with E-state index in [1.54, 1.807) is 30.3 Å². The zero-order chi connectivity index (χ0) is 23.4. The third-order valence-corrected chi connectivity index (χ3v) is 6.02. The van der Waals surface area contributed by atoms with Gasteiger partial charge in [-0.25, -0.2) is 4.79 Å². The highest BCUT2D eigenvalue weighted by Gasteiger charge is 2.40. The van der Waals surface area contributed by atoms with Crippen LogP contribution in [0.1, 0.15) is 63.2 Å². The van der Waals surface area contributed by atoms with E-state index in [0.29, 0.717) is 5.69 Å². The van der Waals surface area contributed by atoms with Crippen molar-refractivity contribution in [3.63, 3.8) is 0 Å². The number of anilines is 1. The van der Waals surface area contributed by atoms with Crippen LogP contribution in [-0.2, 0) is 9.53 Å². The molecule has 8 nitrogen and oxygen atoms in total. The van der Waals surface area contributed by atoms with Crippen LogP contribution in [0.15, 0.2) is 48.5 Å². The van der Waals surface area contributed by atoms with Crippen molar-refractivity contribution < 1.29 is 23.9 Å². The van der Waals surface area contributed by atoms with Crippen LogP contribution in [0.25, 0.3) is 0 Å². The molecule has 1 aliphatic heterocycles. The Hall–Kier alpha value is -3.99. The Bertz CT molecular complexity index is 1130. The molecule has 33 heavy (non-hydrogen) atoms. The molecule has 1 heterocycles. The summed E-state index contributed by atoms with van der Waals surface area (Å²) < 4.78 is 5.15. The number of ether oxygens (including phenoxy) is 1. The van der Waals surface area contributed by atoms with E-state index >= 15 is 0 Å². The van der Waals surface area contributed by atoms with Crippen molar-refractivity contribution in [2.24, 2.45) is 0 Å². The molecule has 0 atom stereocenters. The van der Waals surface area contributed by atoms with Gasteiger partial charge in [-0.1, -0.05) is 37.5 Å². The van der Waals surface area contributed by atoms with Gasteiger partial charge < -0.3 is 4.74 Å². The zero-order valence-corrected chi connectivity index (χ0v) is 18.0. The number of nitriles is 1. The second-order valence-corrected chi connectivity index (χ2v) is 8.08. The minimum Gasteiger partial charge on any atom is -0.452 e. The number of carbonyl (C=O) groups excluding carboxylic acids is 4. The average molecular weight is 445 g/mol. The van der Waals surface area contributed by atoms with Gasteiger partial charge in [0.25, 0.3) is 17.7 Å². The van der Waals surface area contributed by atoms with E-state index in [0.717, 1.165) is 32.1 Å². The quantitative estimate of drug-likeness (QED) is 0.383. The number of rotatable bonds is 6. The zero-order valence-electron chi connectivity index (χ0n) is 18.0. The SMILES string of the molecule is N#CCN(C(=O)COC(=O)c1ccc2c(c1)C(=O)N(C1CCCCC1)C2=O)c1ccccc1. The number of hydrogen-bond acceptors (Lipinski definition) is 6. The molecular formula is C25H23N3O5. The molecular weight excluding hydrogens is 422 g/mol. The molecule has 0 saturated heterocycles. The number of fused-ring (bicyclic) bond motifs is 1. The Morgan fingerprint density at radius 3 is 2.39 bits per heavy atom. The first-order valence-electron chi connectivity index (χ1n) is 10.9. The van der Waals surface area contributed by atoms with Gasteiger partial charge in [-0.05, 0) is 43.2 Å².